The average Bonchev–Trinajstić information content (AvgIpc) is 3.66. The van der Waals surface area contributed by atoms with Crippen LogP contribution in [-0.4, -0.2) is 29.7 Å². The van der Waals surface area contributed by atoms with E-state index < -0.39 is 53.4 Å². The van der Waals surface area contributed by atoms with E-state index in [1.165, 1.54) is 0 Å². The van der Waals surface area contributed by atoms with Crippen LogP contribution in [-0.2, 0) is 28.4 Å². The molecule has 0 spiro atoms. The molecule has 2 amide bonds. The number of benzodiazepines with no additional fused rings is 1. The number of rotatable bonds is 6. The lowest BCUT2D eigenvalue weighted by atomic mass is 10.00. The summed E-state index contributed by atoms with van der Waals surface area (Å²) in [6.45, 7) is 3.73. The quantitative estimate of drug-likeness (QED) is 0.488. The van der Waals surface area contributed by atoms with E-state index in [-0.39, 0.29) is 18.0 Å². The third kappa shape index (κ3) is 5.65. The second kappa shape index (κ2) is 9.83. The molecule has 11 heteroatoms. The van der Waals surface area contributed by atoms with Crippen LogP contribution < -0.4 is 10.2 Å². The first-order valence-electron chi connectivity index (χ1n) is 11.9. The molecule has 1 aliphatic heterocycles. The first-order valence-corrected chi connectivity index (χ1v) is 11.9. The number of aliphatic imine (C=N–C) groups is 1. The minimum atomic E-state index is -5.11. The number of nitrogens with one attached hydrogen (secondary N) is 1. The van der Waals surface area contributed by atoms with Gasteiger partial charge in [-0.2, -0.15) is 26.3 Å². The summed E-state index contributed by atoms with van der Waals surface area (Å²) in [4.78, 5) is 32.5. The largest absolute Gasteiger partial charge is 0.416 e. The van der Waals surface area contributed by atoms with Gasteiger partial charge in [0.25, 0.3) is 5.91 Å². The zero-order chi connectivity index (χ0) is 27.1. The molecule has 0 radical (unpaired) electrons. The summed E-state index contributed by atoms with van der Waals surface area (Å²) in [5.41, 5.74) is -1.61. The number of halogens is 6. The Morgan fingerprint density at radius 3 is 2.35 bits per heavy atom. The highest BCUT2D eigenvalue weighted by Gasteiger charge is 2.40. The number of hydrogen-bond acceptors (Lipinski definition) is 3. The van der Waals surface area contributed by atoms with Crippen LogP contribution >= 0.6 is 0 Å². The molecule has 2 aliphatic rings. The lowest BCUT2D eigenvalue weighted by Crippen LogP contribution is -2.50. The second-order valence-electron chi connectivity index (χ2n) is 9.29. The highest BCUT2D eigenvalue weighted by atomic mass is 19.4. The van der Waals surface area contributed by atoms with Crippen molar-refractivity contribution in [2.75, 3.05) is 4.90 Å². The molecule has 0 bridgehead atoms. The number of hydrogen-bond donors (Lipinski definition) is 1. The molecule has 198 valence electrons. The van der Waals surface area contributed by atoms with E-state index in [4.69, 9.17) is 0 Å². The van der Waals surface area contributed by atoms with E-state index in [9.17, 15) is 35.9 Å². The molecule has 2 atom stereocenters. The normalized spacial score (nSPS) is 19.1. The van der Waals surface area contributed by atoms with Crippen molar-refractivity contribution in [2.24, 2.45) is 10.9 Å². The van der Waals surface area contributed by atoms with Crippen LogP contribution in [0.2, 0.25) is 0 Å². The fourth-order valence-electron chi connectivity index (χ4n) is 4.38. The van der Waals surface area contributed by atoms with E-state index >= 15 is 0 Å². The van der Waals surface area contributed by atoms with Gasteiger partial charge in [-0.25, -0.2) is 0 Å². The van der Waals surface area contributed by atoms with Crippen molar-refractivity contribution in [1.82, 2.24) is 5.32 Å². The molecular formula is C26H25F6N3O2. The molecule has 1 saturated carbocycles. The molecule has 0 aromatic heterocycles. The van der Waals surface area contributed by atoms with Gasteiger partial charge in [-0.1, -0.05) is 31.2 Å². The van der Waals surface area contributed by atoms with E-state index in [1.807, 2.05) is 26.0 Å². The third-order valence-electron chi connectivity index (χ3n) is 6.57. The first kappa shape index (κ1) is 26.7. The smallest absolute Gasteiger partial charge is 0.326 e. The molecular weight excluding hydrogens is 500 g/mol. The van der Waals surface area contributed by atoms with Gasteiger partial charge in [0.05, 0.1) is 28.9 Å². The molecule has 1 heterocycles. The molecule has 4 rings (SSSR count). The van der Waals surface area contributed by atoms with Crippen LogP contribution in [0.5, 0.6) is 0 Å². The van der Waals surface area contributed by atoms with Crippen LogP contribution in [0.3, 0.4) is 0 Å². The molecule has 2 aromatic carbocycles. The monoisotopic (exact) mass is 525 g/mol. The number of para-hydroxylation sites is 1. The Labute approximate surface area is 209 Å². The Balaban J connectivity index is 1.66. The van der Waals surface area contributed by atoms with Crippen molar-refractivity contribution in [3.05, 3.63) is 64.7 Å². The van der Waals surface area contributed by atoms with Crippen molar-refractivity contribution in [3.63, 3.8) is 0 Å². The van der Waals surface area contributed by atoms with Gasteiger partial charge in [-0.05, 0) is 49.9 Å². The van der Waals surface area contributed by atoms with Gasteiger partial charge in [0.15, 0.2) is 0 Å². The van der Waals surface area contributed by atoms with Gasteiger partial charge in [0.2, 0.25) is 12.1 Å². The molecule has 1 N–H and O–H groups in total. The summed E-state index contributed by atoms with van der Waals surface area (Å²) in [5, 5.41) is 2.43. The topological polar surface area (TPSA) is 61.8 Å². The molecule has 1 fully saturated rings. The molecule has 1 aliphatic carbocycles. The summed E-state index contributed by atoms with van der Waals surface area (Å²) in [7, 11) is 0. The van der Waals surface area contributed by atoms with Crippen LogP contribution in [0.25, 0.3) is 0 Å². The predicted molar refractivity (Wildman–Crippen MR) is 125 cm³/mol. The molecule has 1 unspecified atom stereocenters. The highest BCUT2D eigenvalue weighted by Crippen LogP contribution is 2.39. The van der Waals surface area contributed by atoms with E-state index in [0.717, 1.165) is 18.4 Å². The maximum Gasteiger partial charge on any atom is 0.416 e. The van der Waals surface area contributed by atoms with Crippen molar-refractivity contribution in [2.45, 2.75) is 64.1 Å². The summed E-state index contributed by atoms with van der Waals surface area (Å²) >= 11 is 0. The summed E-state index contributed by atoms with van der Waals surface area (Å²) in [6.07, 6.45) is -10.0. The van der Waals surface area contributed by atoms with Gasteiger partial charge >= 0.3 is 12.4 Å². The van der Waals surface area contributed by atoms with E-state index in [2.05, 4.69) is 10.3 Å². The Morgan fingerprint density at radius 1 is 1.08 bits per heavy atom. The maximum atomic E-state index is 13.6. The van der Waals surface area contributed by atoms with Crippen molar-refractivity contribution in [1.29, 1.82) is 0 Å². The van der Waals surface area contributed by atoms with E-state index in [1.54, 1.807) is 17.0 Å². The van der Waals surface area contributed by atoms with Gasteiger partial charge in [0.1, 0.15) is 0 Å². The fourth-order valence-corrected chi connectivity index (χ4v) is 4.38. The van der Waals surface area contributed by atoms with Crippen LogP contribution in [0, 0.1) is 5.92 Å². The lowest BCUT2D eigenvalue weighted by molar-refractivity contribution is -0.143. The number of amides is 2. The minimum absolute atomic E-state index is 0.00985. The summed E-state index contributed by atoms with van der Waals surface area (Å²) in [5.74, 6) is -1.40. The standard InChI is InChI=1S/C26H25F6N3O2/c1-3-14(2)35-20-7-5-4-6-18(20)22(15-8-9-15)34-23(24(35)37)33-21(36)12-16-10-11-17(25(27,28)29)13-19(16)26(30,31)32/h4-7,10-11,13-15,23H,3,8-9,12H2,1-2H3,(H,33,36)/t14-,23?/m1/s1. The van der Waals surface area contributed by atoms with E-state index in [0.29, 0.717) is 30.0 Å². The summed E-state index contributed by atoms with van der Waals surface area (Å²) < 4.78 is 79.6. The van der Waals surface area contributed by atoms with Crippen LogP contribution in [0.15, 0.2) is 47.5 Å². The Hall–Kier alpha value is -3.37. The predicted octanol–water partition coefficient (Wildman–Crippen LogP) is 5.75. The molecule has 5 nitrogen and oxygen atoms in total. The number of fused-ring (bicyclic) bond motifs is 1. The van der Waals surface area contributed by atoms with Crippen molar-refractivity contribution in [3.8, 4) is 0 Å². The lowest BCUT2D eigenvalue weighted by Gasteiger charge is -2.30. The zero-order valence-corrected chi connectivity index (χ0v) is 20.1. The number of carbonyl (C=O) groups is 2. The Morgan fingerprint density at radius 2 is 1.76 bits per heavy atom. The third-order valence-corrected chi connectivity index (χ3v) is 6.57. The minimum Gasteiger partial charge on any atom is -0.326 e. The second-order valence-corrected chi connectivity index (χ2v) is 9.29. The van der Waals surface area contributed by atoms with Gasteiger partial charge < -0.3 is 10.2 Å². The maximum absolute atomic E-state index is 13.6. The van der Waals surface area contributed by atoms with Crippen molar-refractivity contribution < 1.29 is 35.9 Å². The summed E-state index contributed by atoms with van der Waals surface area (Å²) in [6, 6.07) is 8.11. The fraction of sp³-hybridized carbons (Fsp3) is 0.423. The highest BCUT2D eigenvalue weighted by molar-refractivity contribution is 6.14. The number of anilines is 1. The average molecular weight is 525 g/mol. The van der Waals surface area contributed by atoms with Crippen LogP contribution in [0.1, 0.15) is 55.4 Å². The van der Waals surface area contributed by atoms with Gasteiger partial charge in [-0.3, -0.25) is 14.6 Å². The SMILES string of the molecule is CC[C@@H](C)N1C(=O)C(NC(=O)Cc2ccc(C(F)(F)F)cc2C(F)(F)F)N=C(C2CC2)c2ccccc21. The number of benzene rings is 2. The van der Waals surface area contributed by atoms with Gasteiger partial charge in [0, 0.05) is 17.5 Å². The number of nitrogens with zero attached hydrogens (tertiary/aromatic N) is 2. The number of carbonyl (C=O) groups excluding carboxylic acids is 2. The number of alkyl halides is 6. The Kier molecular flexibility index (Phi) is 7.09. The molecule has 2 aromatic rings. The molecule has 37 heavy (non-hydrogen) atoms. The Bertz CT molecular complexity index is 1230. The first-order chi connectivity index (χ1) is 17.3. The zero-order valence-electron chi connectivity index (χ0n) is 20.1. The van der Waals surface area contributed by atoms with Crippen molar-refractivity contribution >= 4 is 23.2 Å². The van der Waals surface area contributed by atoms with Gasteiger partial charge in [-0.15, -0.1) is 0 Å². The van der Waals surface area contributed by atoms with Crippen LogP contribution in [0.4, 0.5) is 32.0 Å². The molecule has 0 saturated heterocycles.